The largest absolute Gasteiger partial charge is 0.348 e. The van der Waals surface area contributed by atoms with Gasteiger partial charge in [0.2, 0.25) is 5.91 Å². The van der Waals surface area contributed by atoms with Gasteiger partial charge in [-0.15, -0.1) is 0 Å². The van der Waals surface area contributed by atoms with Crippen molar-refractivity contribution in [1.29, 1.82) is 0 Å². The van der Waals surface area contributed by atoms with Crippen LogP contribution in [0.3, 0.4) is 0 Å². The maximum atomic E-state index is 11.8. The Morgan fingerprint density at radius 3 is 2.15 bits per heavy atom. The molecule has 0 N–H and O–H groups in total. The molecule has 0 rings (SSSR count). The number of nitrogens with zero attached hydrogens (tertiary/aromatic N) is 1. The first-order valence-corrected chi connectivity index (χ1v) is 5.05. The molecular formula is C11H23NO. The average Bonchev–Trinajstić information content (AvgIpc) is 2.03. The van der Waals surface area contributed by atoms with Crippen molar-refractivity contribution in [3.63, 3.8) is 0 Å². The molecule has 0 aromatic heterocycles. The van der Waals surface area contributed by atoms with Gasteiger partial charge in [0.15, 0.2) is 0 Å². The fourth-order valence-electron chi connectivity index (χ4n) is 1.58. The fraction of sp³-hybridized carbons (Fsp3) is 0.909. The molecule has 0 fully saturated rings. The molecule has 13 heavy (non-hydrogen) atoms. The van der Waals surface area contributed by atoms with Crippen LogP contribution in [0.15, 0.2) is 0 Å². The van der Waals surface area contributed by atoms with Crippen LogP contribution in [0, 0.1) is 11.3 Å². The number of carbonyl (C=O) groups excluding carboxylic acids is 1. The van der Waals surface area contributed by atoms with Crippen molar-refractivity contribution in [2.45, 2.75) is 40.5 Å². The minimum atomic E-state index is -0.223. The Balaban J connectivity index is 4.45. The highest BCUT2D eigenvalue weighted by atomic mass is 16.2. The first kappa shape index (κ1) is 12.5. The predicted octanol–water partition coefficient (Wildman–Crippen LogP) is 2.54. The number of hydrogen-bond donors (Lipinski definition) is 0. The van der Waals surface area contributed by atoms with Crippen molar-refractivity contribution >= 4 is 5.91 Å². The average molecular weight is 185 g/mol. The number of amides is 1. The molecule has 0 bridgehead atoms. The second kappa shape index (κ2) is 4.64. The first-order chi connectivity index (χ1) is 5.84. The standard InChI is InChI=1S/C11H23NO/c1-7-8-9(2)11(3,4)10(13)12(5)6/h9H,7-8H2,1-6H3. The van der Waals surface area contributed by atoms with Crippen LogP contribution in [-0.4, -0.2) is 24.9 Å². The van der Waals surface area contributed by atoms with Gasteiger partial charge in [-0.2, -0.15) is 0 Å². The van der Waals surface area contributed by atoms with E-state index in [2.05, 4.69) is 13.8 Å². The van der Waals surface area contributed by atoms with Crippen molar-refractivity contribution < 1.29 is 4.79 Å². The van der Waals surface area contributed by atoms with E-state index >= 15 is 0 Å². The summed E-state index contributed by atoms with van der Waals surface area (Å²) in [6.07, 6.45) is 2.26. The van der Waals surface area contributed by atoms with Crippen LogP contribution >= 0.6 is 0 Å². The summed E-state index contributed by atoms with van der Waals surface area (Å²) in [7, 11) is 3.64. The quantitative estimate of drug-likeness (QED) is 0.659. The summed E-state index contributed by atoms with van der Waals surface area (Å²) in [5.74, 6) is 0.681. The van der Waals surface area contributed by atoms with Crippen LogP contribution in [0.5, 0.6) is 0 Å². The highest BCUT2D eigenvalue weighted by Gasteiger charge is 2.34. The van der Waals surface area contributed by atoms with Gasteiger partial charge >= 0.3 is 0 Å². The van der Waals surface area contributed by atoms with Crippen LogP contribution in [0.2, 0.25) is 0 Å². The first-order valence-electron chi connectivity index (χ1n) is 5.05. The lowest BCUT2D eigenvalue weighted by molar-refractivity contribution is -0.140. The van der Waals surface area contributed by atoms with Crippen LogP contribution in [0.1, 0.15) is 40.5 Å². The summed E-state index contributed by atoms with van der Waals surface area (Å²) in [5, 5.41) is 0. The van der Waals surface area contributed by atoms with E-state index < -0.39 is 0 Å². The van der Waals surface area contributed by atoms with Gasteiger partial charge in [-0.25, -0.2) is 0 Å². The zero-order chi connectivity index (χ0) is 10.6. The molecule has 0 aliphatic carbocycles. The van der Waals surface area contributed by atoms with Crippen molar-refractivity contribution in [3.8, 4) is 0 Å². The molecule has 0 aliphatic heterocycles. The Kier molecular flexibility index (Phi) is 4.45. The molecule has 0 saturated heterocycles. The summed E-state index contributed by atoms with van der Waals surface area (Å²) in [5.41, 5.74) is -0.223. The number of hydrogen-bond acceptors (Lipinski definition) is 1. The second-order valence-electron chi connectivity index (χ2n) is 4.61. The fourth-order valence-corrected chi connectivity index (χ4v) is 1.58. The van der Waals surface area contributed by atoms with Gasteiger partial charge < -0.3 is 4.90 Å². The molecule has 1 unspecified atom stereocenters. The van der Waals surface area contributed by atoms with E-state index in [0.29, 0.717) is 5.92 Å². The molecule has 0 heterocycles. The van der Waals surface area contributed by atoms with Gasteiger partial charge in [0.25, 0.3) is 0 Å². The van der Waals surface area contributed by atoms with Gasteiger partial charge in [0, 0.05) is 19.5 Å². The lowest BCUT2D eigenvalue weighted by Crippen LogP contribution is -2.40. The maximum absolute atomic E-state index is 11.8. The minimum Gasteiger partial charge on any atom is -0.348 e. The van der Waals surface area contributed by atoms with Crippen molar-refractivity contribution in [2.75, 3.05) is 14.1 Å². The zero-order valence-electron chi connectivity index (χ0n) is 9.85. The van der Waals surface area contributed by atoms with E-state index in [9.17, 15) is 4.79 Å². The van der Waals surface area contributed by atoms with E-state index in [0.717, 1.165) is 12.8 Å². The van der Waals surface area contributed by atoms with Crippen molar-refractivity contribution in [1.82, 2.24) is 4.90 Å². The highest BCUT2D eigenvalue weighted by Crippen LogP contribution is 2.31. The van der Waals surface area contributed by atoms with Crippen molar-refractivity contribution in [3.05, 3.63) is 0 Å². The van der Waals surface area contributed by atoms with E-state index in [1.165, 1.54) is 0 Å². The molecule has 0 aromatic rings. The van der Waals surface area contributed by atoms with Gasteiger partial charge in [0.05, 0.1) is 0 Å². The van der Waals surface area contributed by atoms with Crippen LogP contribution in [0.25, 0.3) is 0 Å². The minimum absolute atomic E-state index is 0.223. The van der Waals surface area contributed by atoms with Crippen molar-refractivity contribution in [2.24, 2.45) is 11.3 Å². The molecule has 78 valence electrons. The molecule has 0 radical (unpaired) electrons. The zero-order valence-corrected chi connectivity index (χ0v) is 9.85. The normalized spacial score (nSPS) is 14.0. The van der Waals surface area contributed by atoms with Gasteiger partial charge in [-0.1, -0.05) is 34.1 Å². The van der Waals surface area contributed by atoms with E-state index in [4.69, 9.17) is 0 Å². The molecule has 0 saturated carbocycles. The number of carbonyl (C=O) groups is 1. The lowest BCUT2D eigenvalue weighted by Gasteiger charge is -2.32. The van der Waals surface area contributed by atoms with Gasteiger partial charge in [-0.05, 0) is 12.3 Å². The maximum Gasteiger partial charge on any atom is 0.227 e. The molecule has 0 aliphatic rings. The monoisotopic (exact) mass is 185 g/mol. The van der Waals surface area contributed by atoms with E-state index in [1.807, 2.05) is 27.9 Å². The number of rotatable bonds is 4. The Morgan fingerprint density at radius 1 is 1.38 bits per heavy atom. The van der Waals surface area contributed by atoms with E-state index in [1.54, 1.807) is 4.90 Å². The lowest BCUT2D eigenvalue weighted by atomic mass is 9.76. The van der Waals surface area contributed by atoms with Crippen LogP contribution in [0.4, 0.5) is 0 Å². The molecule has 2 heteroatoms. The van der Waals surface area contributed by atoms with Gasteiger partial charge in [0.1, 0.15) is 0 Å². The summed E-state index contributed by atoms with van der Waals surface area (Å²) < 4.78 is 0. The summed E-state index contributed by atoms with van der Waals surface area (Å²) >= 11 is 0. The summed E-state index contributed by atoms with van der Waals surface area (Å²) in [4.78, 5) is 13.5. The summed E-state index contributed by atoms with van der Waals surface area (Å²) in [6, 6.07) is 0. The van der Waals surface area contributed by atoms with Gasteiger partial charge in [-0.3, -0.25) is 4.79 Å². The molecule has 2 nitrogen and oxygen atoms in total. The Hall–Kier alpha value is -0.530. The predicted molar refractivity (Wildman–Crippen MR) is 56.5 cm³/mol. The van der Waals surface area contributed by atoms with Crippen LogP contribution in [-0.2, 0) is 4.79 Å². The smallest absolute Gasteiger partial charge is 0.227 e. The molecule has 1 atom stereocenters. The third-order valence-electron chi connectivity index (χ3n) is 2.91. The Labute approximate surface area is 82.3 Å². The Morgan fingerprint density at radius 2 is 1.85 bits per heavy atom. The third kappa shape index (κ3) is 3.02. The second-order valence-corrected chi connectivity index (χ2v) is 4.61. The highest BCUT2D eigenvalue weighted by molar-refractivity contribution is 5.81. The van der Waals surface area contributed by atoms with Crippen LogP contribution < -0.4 is 0 Å². The Bertz CT molecular complexity index is 173. The topological polar surface area (TPSA) is 20.3 Å². The molecule has 0 spiro atoms. The molecule has 0 aromatic carbocycles. The van der Waals surface area contributed by atoms with E-state index in [-0.39, 0.29) is 11.3 Å². The third-order valence-corrected chi connectivity index (χ3v) is 2.91. The summed E-state index contributed by atoms with van der Waals surface area (Å²) in [6.45, 7) is 8.39. The molecule has 1 amide bonds. The SMILES string of the molecule is CCCC(C)C(C)(C)C(=O)N(C)C. The molecular weight excluding hydrogens is 162 g/mol.